The van der Waals surface area contributed by atoms with Crippen molar-refractivity contribution in [3.63, 3.8) is 0 Å². The van der Waals surface area contributed by atoms with Gasteiger partial charge in [0.2, 0.25) is 0 Å². The Morgan fingerprint density at radius 2 is 1.59 bits per heavy atom. The van der Waals surface area contributed by atoms with Crippen molar-refractivity contribution < 1.29 is 15.0 Å². The van der Waals surface area contributed by atoms with Crippen LogP contribution in [0.3, 0.4) is 0 Å². The normalized spacial score (nSPS) is 10.5. The number of carbonyl (C=O) groups is 1. The molecule has 0 spiro atoms. The minimum atomic E-state index is -0.250. The van der Waals surface area contributed by atoms with E-state index in [1.807, 2.05) is 18.2 Å². The second kappa shape index (κ2) is 5.77. The van der Waals surface area contributed by atoms with Crippen LogP contribution in [0.5, 0.6) is 11.5 Å². The molecule has 4 nitrogen and oxygen atoms in total. The first kappa shape index (κ1) is 13.9. The number of rotatable bonds is 4. The maximum Gasteiger partial charge on any atom is 0.181 e. The van der Waals surface area contributed by atoms with Crippen LogP contribution in [0.4, 0.5) is 5.69 Å². The molecule has 0 aliphatic rings. The molecule has 110 valence electrons. The number of phenolic OH excluding ortho intramolecular Hbond substituents is 2. The number of anilines is 1. The van der Waals surface area contributed by atoms with Gasteiger partial charge in [-0.05, 0) is 11.5 Å². The van der Waals surface area contributed by atoms with Crippen molar-refractivity contribution in [1.82, 2.24) is 0 Å². The fourth-order valence-electron chi connectivity index (χ4n) is 2.35. The minimum absolute atomic E-state index is 0.0371. The van der Waals surface area contributed by atoms with Gasteiger partial charge >= 0.3 is 0 Å². The average molecular weight is 293 g/mol. The molecule has 0 bridgehead atoms. The lowest BCUT2D eigenvalue weighted by molar-refractivity contribution is 0.101. The largest absolute Gasteiger partial charge is 0.504 e. The Labute approximate surface area is 127 Å². The Hall–Kier alpha value is -3.01. The van der Waals surface area contributed by atoms with E-state index in [4.69, 9.17) is 0 Å². The standard InChI is InChI=1S/C18H15NO3/c20-16(12-6-2-1-3-7-12)11-19-15-10-13-8-4-5-9-14(13)17(21)18(15)22/h1-10,19,21-22H,11H2. The Bertz CT molecular complexity index is 828. The predicted molar refractivity (Wildman–Crippen MR) is 86.5 cm³/mol. The van der Waals surface area contributed by atoms with Crippen molar-refractivity contribution in [3.8, 4) is 11.5 Å². The van der Waals surface area contributed by atoms with Crippen LogP contribution in [-0.4, -0.2) is 22.5 Å². The maximum atomic E-state index is 12.1. The fourth-order valence-corrected chi connectivity index (χ4v) is 2.35. The van der Waals surface area contributed by atoms with E-state index >= 15 is 0 Å². The highest BCUT2D eigenvalue weighted by Gasteiger charge is 2.13. The van der Waals surface area contributed by atoms with Gasteiger partial charge in [0.15, 0.2) is 17.3 Å². The van der Waals surface area contributed by atoms with Crippen LogP contribution in [-0.2, 0) is 0 Å². The molecule has 0 radical (unpaired) electrons. The van der Waals surface area contributed by atoms with E-state index in [0.717, 1.165) is 5.39 Å². The van der Waals surface area contributed by atoms with Gasteiger partial charge in [-0.1, -0.05) is 54.6 Å². The fraction of sp³-hybridized carbons (Fsp3) is 0.0556. The zero-order chi connectivity index (χ0) is 15.5. The summed E-state index contributed by atoms with van der Waals surface area (Å²) < 4.78 is 0. The number of hydrogen-bond donors (Lipinski definition) is 3. The van der Waals surface area contributed by atoms with Crippen LogP contribution >= 0.6 is 0 Å². The number of phenols is 2. The highest BCUT2D eigenvalue weighted by molar-refractivity contribution is 6.00. The predicted octanol–water partition coefficient (Wildman–Crippen LogP) is 3.55. The van der Waals surface area contributed by atoms with Gasteiger partial charge in [0, 0.05) is 10.9 Å². The van der Waals surface area contributed by atoms with E-state index in [2.05, 4.69) is 5.32 Å². The van der Waals surface area contributed by atoms with Gasteiger partial charge in [-0.2, -0.15) is 0 Å². The summed E-state index contributed by atoms with van der Waals surface area (Å²) in [7, 11) is 0. The number of Topliss-reactive ketones (excluding diaryl/α,β-unsaturated/α-hetero) is 1. The third-order valence-electron chi connectivity index (χ3n) is 3.53. The molecule has 0 amide bonds. The molecular weight excluding hydrogens is 278 g/mol. The summed E-state index contributed by atoms with van der Waals surface area (Å²) in [5.74, 6) is -0.528. The Balaban J connectivity index is 1.85. The third-order valence-corrected chi connectivity index (χ3v) is 3.53. The van der Waals surface area contributed by atoms with E-state index in [1.165, 1.54) is 0 Å². The lowest BCUT2D eigenvalue weighted by Gasteiger charge is -2.11. The quantitative estimate of drug-likeness (QED) is 0.508. The van der Waals surface area contributed by atoms with Crippen molar-refractivity contribution in [3.05, 3.63) is 66.2 Å². The molecule has 0 aromatic heterocycles. The summed E-state index contributed by atoms with van der Waals surface area (Å²) in [5.41, 5.74) is 0.931. The van der Waals surface area contributed by atoms with Crippen LogP contribution in [0.2, 0.25) is 0 Å². The summed E-state index contributed by atoms with van der Waals surface area (Å²) in [6, 6.07) is 17.8. The van der Waals surface area contributed by atoms with Gasteiger partial charge in [0.25, 0.3) is 0 Å². The molecule has 0 atom stereocenters. The van der Waals surface area contributed by atoms with Gasteiger partial charge in [0.05, 0.1) is 12.2 Å². The molecular formula is C18H15NO3. The maximum absolute atomic E-state index is 12.1. The van der Waals surface area contributed by atoms with Crippen molar-refractivity contribution in [1.29, 1.82) is 0 Å². The van der Waals surface area contributed by atoms with E-state index in [9.17, 15) is 15.0 Å². The Kier molecular flexibility index (Phi) is 3.66. The molecule has 0 unspecified atom stereocenters. The number of benzene rings is 3. The molecule has 0 heterocycles. The van der Waals surface area contributed by atoms with Crippen molar-refractivity contribution in [2.45, 2.75) is 0 Å². The molecule has 0 aliphatic heterocycles. The summed E-state index contributed by atoms with van der Waals surface area (Å²) in [6.07, 6.45) is 0. The Morgan fingerprint density at radius 1 is 0.909 bits per heavy atom. The number of aromatic hydroxyl groups is 2. The molecule has 3 rings (SSSR count). The number of nitrogens with one attached hydrogen (secondary N) is 1. The molecule has 22 heavy (non-hydrogen) atoms. The van der Waals surface area contributed by atoms with E-state index < -0.39 is 0 Å². The van der Waals surface area contributed by atoms with Crippen LogP contribution in [0, 0.1) is 0 Å². The summed E-state index contributed by atoms with van der Waals surface area (Å²) in [4.78, 5) is 12.1. The van der Waals surface area contributed by atoms with Crippen molar-refractivity contribution in [2.24, 2.45) is 0 Å². The van der Waals surface area contributed by atoms with Crippen LogP contribution in [0.1, 0.15) is 10.4 Å². The van der Waals surface area contributed by atoms with Gasteiger partial charge in [-0.3, -0.25) is 4.79 Å². The van der Waals surface area contributed by atoms with Crippen molar-refractivity contribution >= 4 is 22.2 Å². The minimum Gasteiger partial charge on any atom is -0.504 e. The van der Waals surface area contributed by atoms with Gasteiger partial charge < -0.3 is 15.5 Å². The molecule has 0 aliphatic carbocycles. The van der Waals surface area contributed by atoms with Gasteiger partial charge in [0.1, 0.15) is 0 Å². The lowest BCUT2D eigenvalue weighted by atomic mass is 10.1. The zero-order valence-corrected chi connectivity index (χ0v) is 11.8. The first-order chi connectivity index (χ1) is 10.7. The molecule has 0 fully saturated rings. The van der Waals surface area contributed by atoms with Crippen molar-refractivity contribution in [2.75, 3.05) is 11.9 Å². The number of hydrogen-bond acceptors (Lipinski definition) is 4. The van der Waals surface area contributed by atoms with Gasteiger partial charge in [-0.25, -0.2) is 0 Å². The smallest absolute Gasteiger partial charge is 0.181 e. The third kappa shape index (κ3) is 2.59. The van der Waals surface area contributed by atoms with Gasteiger partial charge in [-0.15, -0.1) is 0 Å². The summed E-state index contributed by atoms with van der Waals surface area (Å²) in [6.45, 7) is 0.0371. The van der Waals surface area contributed by atoms with Crippen LogP contribution in [0.15, 0.2) is 60.7 Å². The molecule has 0 saturated carbocycles. The molecule has 4 heteroatoms. The molecule has 3 N–H and O–H groups in total. The highest BCUT2D eigenvalue weighted by atomic mass is 16.3. The zero-order valence-electron chi connectivity index (χ0n) is 11.8. The number of fused-ring (bicyclic) bond motifs is 1. The molecule has 3 aromatic rings. The van der Waals surface area contributed by atoms with E-state index in [-0.39, 0.29) is 23.8 Å². The topological polar surface area (TPSA) is 69.6 Å². The lowest BCUT2D eigenvalue weighted by Crippen LogP contribution is -2.13. The number of ketones is 1. The van der Waals surface area contributed by atoms with Crippen LogP contribution in [0.25, 0.3) is 10.8 Å². The van der Waals surface area contributed by atoms with E-state index in [0.29, 0.717) is 16.6 Å². The molecule has 0 saturated heterocycles. The summed E-state index contributed by atoms with van der Waals surface area (Å²) >= 11 is 0. The first-order valence-corrected chi connectivity index (χ1v) is 6.92. The van der Waals surface area contributed by atoms with E-state index in [1.54, 1.807) is 42.5 Å². The van der Waals surface area contributed by atoms with Crippen LogP contribution < -0.4 is 5.32 Å². The second-order valence-corrected chi connectivity index (χ2v) is 4.99. The average Bonchev–Trinajstić information content (AvgIpc) is 2.57. The SMILES string of the molecule is O=C(CNc1cc2ccccc2c(O)c1O)c1ccccc1. The Morgan fingerprint density at radius 3 is 2.36 bits per heavy atom. The highest BCUT2D eigenvalue weighted by Crippen LogP contribution is 2.40. The second-order valence-electron chi connectivity index (χ2n) is 4.99. The first-order valence-electron chi connectivity index (χ1n) is 6.92. The summed E-state index contributed by atoms with van der Waals surface area (Å²) in [5, 5.41) is 24.3. The molecule has 3 aromatic carbocycles. The number of carbonyl (C=O) groups excluding carboxylic acids is 1. The monoisotopic (exact) mass is 293 g/mol.